The zero-order valence-electron chi connectivity index (χ0n) is 24.3. The molecule has 1 atom stereocenters. The minimum absolute atomic E-state index is 0.111. The first-order chi connectivity index (χ1) is 18.6. The molecular formula is C28H36BF2N5O4. The van der Waals surface area contributed by atoms with Crippen molar-refractivity contribution in [2.45, 2.75) is 78.2 Å². The number of rotatable bonds is 3. The van der Waals surface area contributed by atoms with E-state index in [4.69, 9.17) is 14.0 Å². The average Bonchev–Trinajstić information content (AvgIpc) is 3.31. The molecule has 1 amide bonds. The van der Waals surface area contributed by atoms with Gasteiger partial charge in [0, 0.05) is 43.4 Å². The molecule has 0 aliphatic carbocycles. The van der Waals surface area contributed by atoms with Crippen LogP contribution in [0.15, 0.2) is 30.7 Å². The molecule has 2 aromatic heterocycles. The number of benzene rings is 1. The van der Waals surface area contributed by atoms with Gasteiger partial charge in [-0.3, -0.25) is 0 Å². The van der Waals surface area contributed by atoms with Gasteiger partial charge in [-0.05, 0) is 67.5 Å². The van der Waals surface area contributed by atoms with Gasteiger partial charge >= 0.3 is 13.2 Å². The Morgan fingerprint density at radius 3 is 2.25 bits per heavy atom. The molecule has 0 radical (unpaired) electrons. The number of ether oxygens (including phenoxy) is 1. The largest absolute Gasteiger partial charge is 0.497 e. The number of piperazine rings is 1. The maximum absolute atomic E-state index is 14.3. The molecule has 0 N–H and O–H groups in total. The van der Waals surface area contributed by atoms with Crippen LogP contribution in [0.2, 0.25) is 0 Å². The molecule has 2 aliphatic heterocycles. The Hall–Kier alpha value is -3.25. The van der Waals surface area contributed by atoms with Crippen LogP contribution in [0, 0.1) is 11.6 Å². The van der Waals surface area contributed by atoms with Crippen molar-refractivity contribution in [3.05, 3.63) is 42.4 Å². The van der Waals surface area contributed by atoms with Crippen molar-refractivity contribution in [2.24, 2.45) is 0 Å². The number of fused-ring (bicyclic) bond motifs is 1. The van der Waals surface area contributed by atoms with Crippen molar-refractivity contribution in [2.75, 3.05) is 24.5 Å². The smallest absolute Gasteiger partial charge is 0.444 e. The monoisotopic (exact) mass is 555 g/mol. The molecule has 0 unspecified atom stereocenters. The fourth-order valence-corrected chi connectivity index (χ4v) is 5.08. The van der Waals surface area contributed by atoms with Crippen molar-refractivity contribution in [3.63, 3.8) is 0 Å². The van der Waals surface area contributed by atoms with Crippen LogP contribution in [-0.4, -0.2) is 75.1 Å². The predicted octanol–water partition coefficient (Wildman–Crippen LogP) is 4.44. The average molecular weight is 555 g/mol. The Balaban J connectivity index is 1.60. The normalized spacial score (nSPS) is 20.9. The van der Waals surface area contributed by atoms with Crippen molar-refractivity contribution < 1.29 is 27.6 Å². The summed E-state index contributed by atoms with van der Waals surface area (Å²) in [6, 6.07) is 3.22. The summed E-state index contributed by atoms with van der Waals surface area (Å²) in [6.45, 7) is 16.7. The summed E-state index contributed by atoms with van der Waals surface area (Å²) in [5.41, 5.74) is -0.430. The van der Waals surface area contributed by atoms with Crippen LogP contribution in [0.3, 0.4) is 0 Å². The van der Waals surface area contributed by atoms with E-state index in [2.05, 4.69) is 14.9 Å². The van der Waals surface area contributed by atoms with Crippen LogP contribution in [0.1, 0.15) is 55.4 Å². The lowest BCUT2D eigenvalue weighted by molar-refractivity contribution is 0.00578. The summed E-state index contributed by atoms with van der Waals surface area (Å²) in [7, 11) is -0.768. The van der Waals surface area contributed by atoms with E-state index in [1.807, 2.05) is 55.4 Å². The van der Waals surface area contributed by atoms with Crippen LogP contribution in [-0.2, 0) is 14.0 Å². The van der Waals surface area contributed by atoms with Gasteiger partial charge in [0.05, 0.1) is 22.3 Å². The second-order valence-corrected chi connectivity index (χ2v) is 12.5. The number of hydrogen-bond donors (Lipinski definition) is 0. The topological polar surface area (TPSA) is 82.0 Å². The quantitative estimate of drug-likeness (QED) is 0.442. The molecule has 0 saturated carbocycles. The molecule has 5 rings (SSSR count). The van der Waals surface area contributed by atoms with Crippen LogP contribution < -0.4 is 10.4 Å². The van der Waals surface area contributed by atoms with Gasteiger partial charge in [-0.1, -0.05) is 0 Å². The molecule has 0 bridgehead atoms. The van der Waals surface area contributed by atoms with Gasteiger partial charge < -0.3 is 28.4 Å². The van der Waals surface area contributed by atoms with E-state index in [0.29, 0.717) is 41.9 Å². The Bertz CT molecular complexity index is 1420. The third-order valence-corrected chi connectivity index (χ3v) is 7.78. The summed E-state index contributed by atoms with van der Waals surface area (Å²) < 4.78 is 48.5. The fourth-order valence-electron chi connectivity index (χ4n) is 5.08. The van der Waals surface area contributed by atoms with E-state index in [0.717, 1.165) is 6.07 Å². The summed E-state index contributed by atoms with van der Waals surface area (Å²) >= 11 is 0. The van der Waals surface area contributed by atoms with Crippen molar-refractivity contribution in [1.82, 2.24) is 19.4 Å². The lowest BCUT2D eigenvalue weighted by Crippen LogP contribution is -2.55. The van der Waals surface area contributed by atoms with Gasteiger partial charge in [-0.2, -0.15) is 0 Å². The molecule has 0 spiro atoms. The molecule has 2 saturated heterocycles. The van der Waals surface area contributed by atoms with Crippen LogP contribution >= 0.6 is 0 Å². The summed E-state index contributed by atoms with van der Waals surface area (Å²) in [6.07, 6.45) is 2.83. The highest BCUT2D eigenvalue weighted by molar-refractivity contribution is 6.65. The van der Waals surface area contributed by atoms with Gasteiger partial charge in [0.15, 0.2) is 0 Å². The third-order valence-electron chi connectivity index (χ3n) is 7.78. The molecular weight excluding hydrogens is 519 g/mol. The number of amides is 1. The standard InChI is InChI=1S/C28H36BF2N5O4/c1-17-14-34(25(37)38-26(2,3)4)9-10-35(17)23-22-21(29-39-27(5,6)28(7,8)40-29)15-36(24(22)33-16-32-23)20-12-18(30)11-19(31)13-20/h11-13,15-17H,9-10,14H2,1-8H3/t17-/m0/s1. The van der Waals surface area contributed by atoms with Gasteiger partial charge in [-0.25, -0.2) is 23.5 Å². The number of carbonyl (C=O) groups excluding carboxylic acids is 1. The van der Waals surface area contributed by atoms with Crippen LogP contribution in [0.4, 0.5) is 19.4 Å². The number of nitrogens with zero attached hydrogens (tertiary/aromatic N) is 5. The van der Waals surface area contributed by atoms with Crippen molar-refractivity contribution in [1.29, 1.82) is 0 Å². The maximum atomic E-state index is 14.3. The Morgan fingerprint density at radius 2 is 1.68 bits per heavy atom. The second kappa shape index (κ2) is 9.69. The first-order valence-electron chi connectivity index (χ1n) is 13.5. The van der Waals surface area contributed by atoms with Crippen LogP contribution in [0.5, 0.6) is 0 Å². The van der Waals surface area contributed by atoms with E-state index < -0.39 is 35.6 Å². The highest BCUT2D eigenvalue weighted by atomic mass is 19.1. The SMILES string of the molecule is C[C@H]1CN(C(=O)OC(C)(C)C)CCN1c1ncnc2c1c(B1OC(C)(C)C(C)(C)O1)cn2-c1cc(F)cc(F)c1. The Labute approximate surface area is 233 Å². The first kappa shape index (κ1) is 28.3. The molecule has 9 nitrogen and oxygen atoms in total. The molecule has 2 aliphatic rings. The molecule has 214 valence electrons. The minimum atomic E-state index is -0.768. The van der Waals surface area contributed by atoms with E-state index in [1.165, 1.54) is 18.5 Å². The highest BCUT2D eigenvalue weighted by Crippen LogP contribution is 2.38. The van der Waals surface area contributed by atoms with Crippen molar-refractivity contribution in [3.8, 4) is 5.69 Å². The van der Waals surface area contributed by atoms with Gasteiger partial charge in [-0.15, -0.1) is 0 Å². The lowest BCUT2D eigenvalue weighted by Gasteiger charge is -2.41. The zero-order chi connectivity index (χ0) is 29.2. The minimum Gasteiger partial charge on any atom is -0.444 e. The molecule has 1 aromatic carbocycles. The van der Waals surface area contributed by atoms with E-state index in [1.54, 1.807) is 15.7 Å². The van der Waals surface area contributed by atoms with Gasteiger partial charge in [0.2, 0.25) is 0 Å². The van der Waals surface area contributed by atoms with E-state index in [-0.39, 0.29) is 17.8 Å². The molecule has 2 fully saturated rings. The summed E-state index contributed by atoms with van der Waals surface area (Å²) in [4.78, 5) is 25.7. The first-order valence-corrected chi connectivity index (χ1v) is 13.5. The van der Waals surface area contributed by atoms with E-state index in [9.17, 15) is 13.6 Å². The number of halogens is 2. The number of carbonyl (C=O) groups is 1. The maximum Gasteiger partial charge on any atom is 0.497 e. The van der Waals surface area contributed by atoms with Gasteiger partial charge in [0.1, 0.15) is 35.0 Å². The number of anilines is 1. The van der Waals surface area contributed by atoms with Gasteiger partial charge in [0.25, 0.3) is 0 Å². The molecule has 3 aromatic rings. The number of aromatic nitrogens is 3. The zero-order valence-corrected chi connectivity index (χ0v) is 24.3. The Morgan fingerprint density at radius 1 is 1.05 bits per heavy atom. The summed E-state index contributed by atoms with van der Waals surface area (Å²) in [5, 5.41) is 0.656. The highest BCUT2D eigenvalue weighted by Gasteiger charge is 2.53. The number of hydrogen-bond acceptors (Lipinski definition) is 7. The molecule has 4 heterocycles. The molecule has 40 heavy (non-hydrogen) atoms. The Kier molecular flexibility index (Phi) is 6.85. The summed E-state index contributed by atoms with van der Waals surface area (Å²) in [5.74, 6) is -0.771. The van der Waals surface area contributed by atoms with Crippen molar-refractivity contribution >= 4 is 35.5 Å². The lowest BCUT2D eigenvalue weighted by atomic mass is 9.79. The predicted molar refractivity (Wildman–Crippen MR) is 149 cm³/mol. The van der Waals surface area contributed by atoms with Crippen LogP contribution in [0.25, 0.3) is 16.7 Å². The second-order valence-electron chi connectivity index (χ2n) is 12.5. The van der Waals surface area contributed by atoms with E-state index >= 15 is 0 Å². The fraction of sp³-hybridized carbons (Fsp3) is 0.536. The molecule has 12 heteroatoms. The third kappa shape index (κ3) is 5.14.